The Morgan fingerprint density at radius 2 is 2.11 bits per heavy atom. The lowest BCUT2D eigenvalue weighted by molar-refractivity contribution is 0.0944. The molecule has 0 fully saturated rings. The fourth-order valence-electron chi connectivity index (χ4n) is 1.49. The zero-order valence-corrected chi connectivity index (χ0v) is 11.1. The number of hydrogen-bond donors (Lipinski definition) is 1. The third-order valence-electron chi connectivity index (χ3n) is 2.46. The number of nitrogens with zero attached hydrogens (tertiary/aromatic N) is 1. The molecule has 1 heterocycles. The Bertz CT molecular complexity index is 633. The first-order chi connectivity index (χ1) is 9.11. The average molecular weight is 295 g/mol. The highest BCUT2D eigenvalue weighted by atomic mass is 35.5. The van der Waals surface area contributed by atoms with Gasteiger partial charge in [0.15, 0.2) is 0 Å². The summed E-state index contributed by atoms with van der Waals surface area (Å²) in [7, 11) is 0. The van der Waals surface area contributed by atoms with Crippen LogP contribution in [0.3, 0.4) is 0 Å². The van der Waals surface area contributed by atoms with E-state index in [9.17, 15) is 4.79 Å². The van der Waals surface area contributed by atoms with Gasteiger partial charge < -0.3 is 9.73 Å². The van der Waals surface area contributed by atoms with Crippen molar-refractivity contribution in [1.82, 2.24) is 5.32 Å². The van der Waals surface area contributed by atoms with Crippen molar-refractivity contribution in [1.29, 1.82) is 5.26 Å². The lowest BCUT2D eigenvalue weighted by atomic mass is 10.1. The minimum absolute atomic E-state index is 0.331. The fourth-order valence-corrected chi connectivity index (χ4v) is 1.80. The van der Waals surface area contributed by atoms with Crippen molar-refractivity contribution in [3.8, 4) is 6.07 Å². The summed E-state index contributed by atoms with van der Waals surface area (Å²) in [5.41, 5.74) is 0.911. The number of nitriles is 1. The van der Waals surface area contributed by atoms with Gasteiger partial charge in [-0.15, -0.1) is 0 Å². The monoisotopic (exact) mass is 294 g/mol. The first-order valence-corrected chi connectivity index (χ1v) is 6.05. The van der Waals surface area contributed by atoms with Crippen LogP contribution in [0.25, 0.3) is 0 Å². The molecule has 0 aliphatic heterocycles. The van der Waals surface area contributed by atoms with E-state index in [2.05, 4.69) is 5.32 Å². The van der Waals surface area contributed by atoms with E-state index in [-0.39, 0.29) is 0 Å². The van der Waals surface area contributed by atoms with Crippen molar-refractivity contribution in [2.75, 3.05) is 0 Å². The Morgan fingerprint density at radius 1 is 1.32 bits per heavy atom. The van der Waals surface area contributed by atoms with Gasteiger partial charge in [-0.25, -0.2) is 0 Å². The number of furan rings is 1. The van der Waals surface area contributed by atoms with E-state index in [0.29, 0.717) is 21.2 Å². The second-order valence-corrected chi connectivity index (χ2v) is 4.54. The molecule has 0 saturated carbocycles. The van der Waals surface area contributed by atoms with E-state index in [4.69, 9.17) is 32.9 Å². The number of halogens is 2. The predicted molar refractivity (Wildman–Crippen MR) is 71.0 cm³/mol. The van der Waals surface area contributed by atoms with Crippen LogP contribution in [0.2, 0.25) is 10.0 Å². The van der Waals surface area contributed by atoms with Gasteiger partial charge >= 0.3 is 0 Å². The first-order valence-electron chi connectivity index (χ1n) is 5.29. The van der Waals surface area contributed by atoms with E-state index in [1.165, 1.54) is 18.6 Å². The molecule has 0 saturated heterocycles. The van der Waals surface area contributed by atoms with Gasteiger partial charge in [-0.3, -0.25) is 4.79 Å². The van der Waals surface area contributed by atoms with E-state index in [1.807, 2.05) is 6.07 Å². The van der Waals surface area contributed by atoms with Crippen LogP contribution >= 0.6 is 23.2 Å². The molecular weight excluding hydrogens is 287 g/mol. The van der Waals surface area contributed by atoms with Crippen molar-refractivity contribution >= 4 is 29.1 Å². The predicted octanol–water partition coefficient (Wildman–Crippen LogP) is 3.58. The van der Waals surface area contributed by atoms with Crippen molar-refractivity contribution in [2.24, 2.45) is 0 Å². The van der Waals surface area contributed by atoms with Crippen LogP contribution in [-0.2, 0) is 0 Å². The molecule has 1 amide bonds. The smallest absolute Gasteiger partial charge is 0.255 e. The van der Waals surface area contributed by atoms with Crippen LogP contribution in [0.15, 0.2) is 41.2 Å². The lowest BCUT2D eigenvalue weighted by Crippen LogP contribution is -2.27. The molecule has 2 aromatic rings. The molecule has 4 nitrogen and oxygen atoms in total. The SMILES string of the molecule is N#CC(NC(=O)c1ccoc1)c1ccc(Cl)c(Cl)c1. The van der Waals surface area contributed by atoms with Crippen LogP contribution in [0.1, 0.15) is 22.0 Å². The highest BCUT2D eigenvalue weighted by Crippen LogP contribution is 2.25. The minimum Gasteiger partial charge on any atom is -0.472 e. The summed E-state index contributed by atoms with van der Waals surface area (Å²) in [6.45, 7) is 0. The summed E-state index contributed by atoms with van der Waals surface area (Å²) >= 11 is 11.7. The van der Waals surface area contributed by atoms with Crippen molar-refractivity contribution in [3.05, 3.63) is 58.0 Å². The Morgan fingerprint density at radius 3 is 2.68 bits per heavy atom. The molecule has 0 aliphatic rings. The standard InChI is InChI=1S/C13H8Cl2N2O2/c14-10-2-1-8(5-11(10)15)12(6-16)17-13(18)9-3-4-19-7-9/h1-5,7,12H,(H,17,18). The van der Waals surface area contributed by atoms with Gasteiger partial charge in [0.2, 0.25) is 0 Å². The topological polar surface area (TPSA) is 66.0 Å². The molecule has 2 rings (SSSR count). The number of rotatable bonds is 3. The zero-order chi connectivity index (χ0) is 13.8. The van der Waals surface area contributed by atoms with Crippen molar-refractivity contribution in [3.63, 3.8) is 0 Å². The van der Waals surface area contributed by atoms with Crippen molar-refractivity contribution < 1.29 is 9.21 Å². The van der Waals surface area contributed by atoms with Gasteiger partial charge in [0.1, 0.15) is 12.3 Å². The number of carbonyl (C=O) groups excluding carboxylic acids is 1. The van der Waals surface area contributed by atoms with E-state index in [1.54, 1.807) is 18.2 Å². The zero-order valence-electron chi connectivity index (χ0n) is 9.56. The number of nitrogens with one attached hydrogen (secondary N) is 1. The maximum Gasteiger partial charge on any atom is 0.255 e. The summed E-state index contributed by atoms with van der Waals surface area (Å²) in [4.78, 5) is 11.8. The second kappa shape index (κ2) is 5.79. The molecule has 1 atom stereocenters. The van der Waals surface area contributed by atoms with Crippen LogP contribution in [0.4, 0.5) is 0 Å². The Balaban J connectivity index is 2.19. The van der Waals surface area contributed by atoms with Crippen molar-refractivity contribution in [2.45, 2.75) is 6.04 Å². The van der Waals surface area contributed by atoms with E-state index in [0.717, 1.165) is 0 Å². The molecule has 6 heteroatoms. The van der Waals surface area contributed by atoms with Crippen LogP contribution in [0.5, 0.6) is 0 Å². The average Bonchev–Trinajstić information content (AvgIpc) is 2.93. The van der Waals surface area contributed by atoms with Crippen LogP contribution in [0, 0.1) is 11.3 Å². The summed E-state index contributed by atoms with van der Waals surface area (Å²) in [6, 6.07) is 7.46. The molecule has 96 valence electrons. The number of benzene rings is 1. The van der Waals surface area contributed by atoms with E-state index < -0.39 is 11.9 Å². The maximum absolute atomic E-state index is 11.8. The van der Waals surface area contributed by atoms with Gasteiger partial charge in [-0.1, -0.05) is 29.3 Å². The number of hydrogen-bond acceptors (Lipinski definition) is 3. The summed E-state index contributed by atoms with van der Waals surface area (Å²) in [5, 5.41) is 12.4. The molecule has 1 unspecified atom stereocenters. The van der Waals surface area contributed by atoms with Crippen LogP contribution in [-0.4, -0.2) is 5.91 Å². The minimum atomic E-state index is -0.808. The largest absolute Gasteiger partial charge is 0.472 e. The molecule has 0 spiro atoms. The highest BCUT2D eigenvalue weighted by Gasteiger charge is 2.16. The Labute approximate surface area is 119 Å². The lowest BCUT2D eigenvalue weighted by Gasteiger charge is -2.11. The third kappa shape index (κ3) is 3.08. The van der Waals surface area contributed by atoms with Gasteiger partial charge in [0, 0.05) is 0 Å². The molecule has 19 heavy (non-hydrogen) atoms. The fraction of sp³-hybridized carbons (Fsp3) is 0.0769. The molecule has 0 bridgehead atoms. The summed E-state index contributed by atoms with van der Waals surface area (Å²) in [5.74, 6) is -0.397. The highest BCUT2D eigenvalue weighted by molar-refractivity contribution is 6.42. The summed E-state index contributed by atoms with van der Waals surface area (Å²) < 4.78 is 4.81. The van der Waals surface area contributed by atoms with E-state index >= 15 is 0 Å². The molecule has 1 aromatic heterocycles. The normalized spacial score (nSPS) is 11.6. The molecule has 0 aliphatic carbocycles. The maximum atomic E-state index is 11.8. The van der Waals surface area contributed by atoms with Gasteiger partial charge in [0.05, 0.1) is 27.9 Å². The molecule has 1 aromatic carbocycles. The first kappa shape index (κ1) is 13.5. The number of carbonyl (C=O) groups is 1. The van der Waals surface area contributed by atoms with Crippen LogP contribution < -0.4 is 5.32 Å². The quantitative estimate of drug-likeness (QED) is 0.941. The molecule has 1 N–H and O–H groups in total. The van der Waals surface area contributed by atoms with Gasteiger partial charge in [-0.2, -0.15) is 5.26 Å². The van der Waals surface area contributed by atoms with Gasteiger partial charge in [-0.05, 0) is 23.8 Å². The third-order valence-corrected chi connectivity index (χ3v) is 3.20. The van der Waals surface area contributed by atoms with Gasteiger partial charge in [0.25, 0.3) is 5.91 Å². The molecular formula is C13H8Cl2N2O2. The Kier molecular flexibility index (Phi) is 4.10. The number of amides is 1. The Hall–Kier alpha value is -1.96. The summed E-state index contributed by atoms with van der Waals surface area (Å²) in [6.07, 6.45) is 2.69. The molecule has 0 radical (unpaired) electrons. The second-order valence-electron chi connectivity index (χ2n) is 3.72.